The second-order valence-electron chi connectivity index (χ2n) is 6.73. The van der Waals surface area contributed by atoms with Crippen molar-refractivity contribution in [2.75, 3.05) is 0 Å². The van der Waals surface area contributed by atoms with E-state index in [0.29, 0.717) is 6.04 Å². The van der Waals surface area contributed by atoms with Crippen LogP contribution in [0.2, 0.25) is 0 Å². The third-order valence-corrected chi connectivity index (χ3v) is 4.28. The minimum absolute atomic E-state index is 0.198. The van der Waals surface area contributed by atoms with E-state index in [1.54, 1.807) is 0 Å². The highest BCUT2D eigenvalue weighted by molar-refractivity contribution is 5.76. The molecule has 0 saturated heterocycles. The standard InChI is InChI=1S/C16H25N3/c1-11(2)19-13-10-8-7-9-12(13)18-14(19)15(3,4)16(5,6)17/h7-11H,17H2,1-6H3. The molecule has 0 atom stereocenters. The number of nitrogens with two attached hydrogens (primary N) is 1. The molecule has 2 aromatic rings. The Kier molecular flexibility index (Phi) is 3.21. The molecule has 0 amide bonds. The molecule has 0 unspecified atom stereocenters. The van der Waals surface area contributed by atoms with Gasteiger partial charge in [0.15, 0.2) is 0 Å². The molecule has 1 aromatic carbocycles. The molecule has 1 heterocycles. The van der Waals surface area contributed by atoms with Crippen LogP contribution in [0.25, 0.3) is 11.0 Å². The van der Waals surface area contributed by atoms with Gasteiger partial charge in [-0.05, 0) is 39.8 Å². The Hall–Kier alpha value is -1.35. The van der Waals surface area contributed by atoms with Gasteiger partial charge in [-0.25, -0.2) is 4.98 Å². The monoisotopic (exact) mass is 259 g/mol. The zero-order valence-corrected chi connectivity index (χ0v) is 12.9. The van der Waals surface area contributed by atoms with Crippen molar-refractivity contribution in [2.24, 2.45) is 5.73 Å². The number of imidazole rings is 1. The van der Waals surface area contributed by atoms with Gasteiger partial charge >= 0.3 is 0 Å². The van der Waals surface area contributed by atoms with E-state index < -0.39 is 0 Å². The summed E-state index contributed by atoms with van der Waals surface area (Å²) in [5.41, 5.74) is 8.08. The van der Waals surface area contributed by atoms with Crippen molar-refractivity contribution in [1.82, 2.24) is 9.55 Å². The molecule has 3 nitrogen and oxygen atoms in total. The van der Waals surface area contributed by atoms with E-state index >= 15 is 0 Å². The summed E-state index contributed by atoms with van der Waals surface area (Å²) in [6, 6.07) is 8.66. The van der Waals surface area contributed by atoms with Crippen molar-refractivity contribution in [3.05, 3.63) is 30.1 Å². The number of nitrogens with zero attached hydrogens (tertiary/aromatic N) is 2. The molecule has 2 rings (SSSR count). The summed E-state index contributed by atoms with van der Waals surface area (Å²) in [6.07, 6.45) is 0. The number of fused-ring (bicyclic) bond motifs is 1. The van der Waals surface area contributed by atoms with Crippen LogP contribution in [0.1, 0.15) is 53.4 Å². The highest BCUT2D eigenvalue weighted by atomic mass is 15.1. The summed E-state index contributed by atoms with van der Waals surface area (Å²) in [4.78, 5) is 4.86. The lowest BCUT2D eigenvalue weighted by Crippen LogP contribution is -2.51. The number of rotatable bonds is 3. The second kappa shape index (κ2) is 4.34. The topological polar surface area (TPSA) is 43.8 Å². The van der Waals surface area contributed by atoms with E-state index in [2.05, 4.69) is 64.3 Å². The lowest BCUT2D eigenvalue weighted by molar-refractivity contribution is 0.279. The molecule has 0 aliphatic carbocycles. The van der Waals surface area contributed by atoms with Crippen molar-refractivity contribution in [2.45, 2.75) is 58.5 Å². The van der Waals surface area contributed by atoms with Gasteiger partial charge in [0.1, 0.15) is 5.82 Å². The maximum absolute atomic E-state index is 6.38. The van der Waals surface area contributed by atoms with Crippen LogP contribution in [-0.2, 0) is 5.41 Å². The summed E-state index contributed by atoms with van der Waals surface area (Å²) >= 11 is 0. The van der Waals surface area contributed by atoms with Crippen LogP contribution in [0.3, 0.4) is 0 Å². The minimum Gasteiger partial charge on any atom is -0.325 e. The Balaban J connectivity index is 2.77. The summed E-state index contributed by atoms with van der Waals surface area (Å²) in [5, 5.41) is 0. The van der Waals surface area contributed by atoms with E-state index in [-0.39, 0.29) is 11.0 Å². The molecule has 1 aromatic heterocycles. The Bertz CT molecular complexity index is 586. The van der Waals surface area contributed by atoms with Crippen LogP contribution in [0.5, 0.6) is 0 Å². The molecule has 0 radical (unpaired) electrons. The molecule has 19 heavy (non-hydrogen) atoms. The Labute approximate surface area is 115 Å². The fourth-order valence-corrected chi connectivity index (χ4v) is 2.30. The van der Waals surface area contributed by atoms with Gasteiger partial charge in [0.2, 0.25) is 0 Å². The fraction of sp³-hybridized carbons (Fsp3) is 0.562. The van der Waals surface area contributed by atoms with Gasteiger partial charge < -0.3 is 10.3 Å². The number of hydrogen-bond acceptors (Lipinski definition) is 2. The predicted octanol–water partition coefficient (Wildman–Crippen LogP) is 3.63. The smallest absolute Gasteiger partial charge is 0.117 e. The van der Waals surface area contributed by atoms with E-state index in [4.69, 9.17) is 10.7 Å². The zero-order valence-electron chi connectivity index (χ0n) is 12.9. The van der Waals surface area contributed by atoms with Gasteiger partial charge in [0, 0.05) is 17.0 Å². The molecule has 0 aliphatic rings. The molecular formula is C16H25N3. The van der Waals surface area contributed by atoms with E-state index in [1.807, 2.05) is 6.07 Å². The van der Waals surface area contributed by atoms with Crippen molar-refractivity contribution in [1.29, 1.82) is 0 Å². The predicted molar refractivity (Wildman–Crippen MR) is 81.4 cm³/mol. The normalized spacial score (nSPS) is 13.5. The van der Waals surface area contributed by atoms with Gasteiger partial charge in [0.25, 0.3) is 0 Å². The Morgan fingerprint density at radius 2 is 1.68 bits per heavy atom. The van der Waals surface area contributed by atoms with Crippen LogP contribution in [0.4, 0.5) is 0 Å². The summed E-state index contributed by atoms with van der Waals surface area (Å²) in [6.45, 7) is 12.9. The minimum atomic E-state index is -0.332. The summed E-state index contributed by atoms with van der Waals surface area (Å²) < 4.78 is 2.31. The first kappa shape index (κ1) is 14.1. The molecule has 104 valence electrons. The third-order valence-electron chi connectivity index (χ3n) is 4.28. The van der Waals surface area contributed by atoms with Gasteiger partial charge in [0.05, 0.1) is 11.0 Å². The van der Waals surface area contributed by atoms with Crippen LogP contribution >= 0.6 is 0 Å². The molecule has 0 bridgehead atoms. The fourth-order valence-electron chi connectivity index (χ4n) is 2.30. The first-order valence-corrected chi connectivity index (χ1v) is 6.92. The molecule has 0 aliphatic heterocycles. The average Bonchev–Trinajstić information content (AvgIpc) is 2.66. The Morgan fingerprint density at radius 1 is 1.11 bits per heavy atom. The van der Waals surface area contributed by atoms with E-state index in [0.717, 1.165) is 11.3 Å². The van der Waals surface area contributed by atoms with Gasteiger partial charge in [-0.3, -0.25) is 0 Å². The van der Waals surface area contributed by atoms with Crippen molar-refractivity contribution < 1.29 is 0 Å². The van der Waals surface area contributed by atoms with Gasteiger partial charge in [-0.15, -0.1) is 0 Å². The van der Waals surface area contributed by atoms with E-state index in [9.17, 15) is 0 Å². The first-order valence-electron chi connectivity index (χ1n) is 6.92. The molecule has 0 saturated carbocycles. The maximum Gasteiger partial charge on any atom is 0.117 e. The van der Waals surface area contributed by atoms with Crippen LogP contribution in [0, 0.1) is 0 Å². The molecule has 2 N–H and O–H groups in total. The number of benzene rings is 1. The number of para-hydroxylation sites is 2. The van der Waals surface area contributed by atoms with Gasteiger partial charge in [-0.1, -0.05) is 26.0 Å². The Morgan fingerprint density at radius 3 is 2.21 bits per heavy atom. The van der Waals surface area contributed by atoms with Crippen LogP contribution in [-0.4, -0.2) is 15.1 Å². The zero-order chi connectivity index (χ0) is 14.4. The SMILES string of the molecule is CC(C)n1c(C(C)(C)C(C)(C)N)nc2ccccc21. The molecular weight excluding hydrogens is 234 g/mol. The molecule has 0 spiro atoms. The van der Waals surface area contributed by atoms with Crippen molar-refractivity contribution in [3.63, 3.8) is 0 Å². The van der Waals surface area contributed by atoms with Crippen LogP contribution < -0.4 is 5.73 Å². The summed E-state index contributed by atoms with van der Waals surface area (Å²) in [7, 11) is 0. The largest absolute Gasteiger partial charge is 0.325 e. The maximum atomic E-state index is 6.38. The third kappa shape index (κ3) is 2.16. The lowest BCUT2D eigenvalue weighted by Gasteiger charge is -2.38. The first-order chi connectivity index (χ1) is 8.66. The quantitative estimate of drug-likeness (QED) is 0.914. The number of hydrogen-bond donors (Lipinski definition) is 1. The summed E-state index contributed by atoms with van der Waals surface area (Å²) in [5.74, 6) is 1.07. The molecule has 0 fully saturated rings. The highest BCUT2D eigenvalue weighted by Crippen LogP contribution is 2.35. The number of aromatic nitrogens is 2. The second-order valence-corrected chi connectivity index (χ2v) is 6.73. The average molecular weight is 259 g/mol. The van der Waals surface area contributed by atoms with Crippen molar-refractivity contribution >= 4 is 11.0 Å². The van der Waals surface area contributed by atoms with Crippen LogP contribution in [0.15, 0.2) is 24.3 Å². The molecule has 3 heteroatoms. The lowest BCUT2D eigenvalue weighted by atomic mass is 9.74. The van der Waals surface area contributed by atoms with Gasteiger partial charge in [-0.2, -0.15) is 0 Å². The highest BCUT2D eigenvalue weighted by Gasteiger charge is 2.39. The van der Waals surface area contributed by atoms with E-state index in [1.165, 1.54) is 5.52 Å². The van der Waals surface area contributed by atoms with Crippen molar-refractivity contribution in [3.8, 4) is 0 Å².